The minimum absolute atomic E-state index is 0.300. The number of carbonyl (C=O) groups excluding carboxylic acids is 1. The summed E-state index contributed by atoms with van der Waals surface area (Å²) in [5.41, 5.74) is 2.09. The number of anilines is 1. The smallest absolute Gasteiger partial charge is 0.268 e. The molecule has 1 atom stereocenters. The van der Waals surface area contributed by atoms with Crippen LogP contribution in [0.2, 0.25) is 10.0 Å². The minimum atomic E-state index is -0.695. The van der Waals surface area contributed by atoms with Gasteiger partial charge in [0.2, 0.25) is 6.10 Å². The number of oxime groups is 1. The van der Waals surface area contributed by atoms with Crippen LogP contribution in [0.4, 0.5) is 5.69 Å². The number of hydrogen-bond donors (Lipinski definition) is 1. The number of rotatable bonds is 3. The second-order valence-electron chi connectivity index (χ2n) is 4.94. The van der Waals surface area contributed by atoms with Gasteiger partial charge in [-0.2, -0.15) is 0 Å². The molecule has 1 aliphatic rings. The van der Waals surface area contributed by atoms with Gasteiger partial charge in [-0.25, -0.2) is 0 Å². The summed E-state index contributed by atoms with van der Waals surface area (Å²) in [6, 6.07) is 12.7. The zero-order valence-electron chi connectivity index (χ0n) is 11.7. The quantitative estimate of drug-likeness (QED) is 0.778. The molecule has 23 heavy (non-hydrogen) atoms. The number of nitrogens with one attached hydrogen (secondary N) is 1. The van der Waals surface area contributed by atoms with Crippen LogP contribution in [0, 0.1) is 0 Å². The van der Waals surface area contributed by atoms with Crippen molar-refractivity contribution in [1.82, 2.24) is 0 Å². The van der Waals surface area contributed by atoms with E-state index in [1.807, 2.05) is 24.3 Å². The van der Waals surface area contributed by atoms with Crippen molar-refractivity contribution < 1.29 is 9.63 Å². The molecule has 1 N–H and O–H groups in total. The lowest BCUT2D eigenvalue weighted by Crippen LogP contribution is -2.28. The van der Waals surface area contributed by atoms with Crippen LogP contribution in [0.3, 0.4) is 0 Å². The van der Waals surface area contributed by atoms with E-state index in [4.69, 9.17) is 28.0 Å². The second-order valence-corrected chi connectivity index (χ2v) is 6.64. The van der Waals surface area contributed by atoms with Crippen molar-refractivity contribution >= 4 is 56.4 Å². The van der Waals surface area contributed by atoms with E-state index < -0.39 is 6.10 Å². The molecule has 0 radical (unpaired) electrons. The molecule has 2 aromatic carbocycles. The molecule has 0 fully saturated rings. The molecule has 1 unspecified atom stereocenters. The molecule has 4 nitrogen and oxygen atoms in total. The molecule has 0 saturated heterocycles. The van der Waals surface area contributed by atoms with E-state index in [1.165, 1.54) is 0 Å². The Labute approximate surface area is 151 Å². The summed E-state index contributed by atoms with van der Waals surface area (Å²) in [4.78, 5) is 17.6. The second kappa shape index (κ2) is 6.91. The first-order valence-corrected chi connectivity index (χ1v) is 8.33. The van der Waals surface area contributed by atoms with Gasteiger partial charge in [0, 0.05) is 16.5 Å². The SMILES string of the molecule is O=C(Nc1cccc(Cl)c1Cl)C1CC(c2cccc(Br)c2)=NO1. The lowest BCUT2D eigenvalue weighted by Gasteiger charge is -2.11. The summed E-state index contributed by atoms with van der Waals surface area (Å²) >= 11 is 15.4. The maximum atomic E-state index is 12.3. The van der Waals surface area contributed by atoms with Crippen LogP contribution >= 0.6 is 39.1 Å². The monoisotopic (exact) mass is 412 g/mol. The van der Waals surface area contributed by atoms with Crippen molar-refractivity contribution in [2.75, 3.05) is 5.32 Å². The summed E-state index contributed by atoms with van der Waals surface area (Å²) < 4.78 is 0.941. The van der Waals surface area contributed by atoms with E-state index in [0.717, 1.165) is 15.7 Å². The Hall–Kier alpha value is -1.56. The Balaban J connectivity index is 1.68. The van der Waals surface area contributed by atoms with Gasteiger partial charge < -0.3 is 10.2 Å². The number of amides is 1. The van der Waals surface area contributed by atoms with E-state index >= 15 is 0 Å². The fourth-order valence-corrected chi connectivity index (χ4v) is 2.92. The Morgan fingerprint density at radius 2 is 2.04 bits per heavy atom. The summed E-state index contributed by atoms with van der Waals surface area (Å²) in [6.45, 7) is 0. The topological polar surface area (TPSA) is 50.7 Å². The minimum Gasteiger partial charge on any atom is -0.382 e. The summed E-state index contributed by atoms with van der Waals surface area (Å²) in [7, 11) is 0. The maximum absolute atomic E-state index is 12.3. The molecule has 1 amide bonds. The molecule has 0 saturated carbocycles. The molecule has 1 heterocycles. The van der Waals surface area contributed by atoms with Gasteiger partial charge >= 0.3 is 0 Å². The Kier molecular flexibility index (Phi) is 4.90. The predicted octanol–water partition coefficient (Wildman–Crippen LogP) is 4.89. The van der Waals surface area contributed by atoms with Crippen molar-refractivity contribution in [2.45, 2.75) is 12.5 Å². The van der Waals surface area contributed by atoms with Gasteiger partial charge in [0.15, 0.2) is 0 Å². The molecular formula is C16H11BrCl2N2O2. The van der Waals surface area contributed by atoms with E-state index in [2.05, 4.69) is 26.4 Å². The van der Waals surface area contributed by atoms with Crippen molar-refractivity contribution in [3.05, 3.63) is 62.5 Å². The van der Waals surface area contributed by atoms with Crippen LogP contribution < -0.4 is 5.32 Å². The highest BCUT2D eigenvalue weighted by molar-refractivity contribution is 9.10. The van der Waals surface area contributed by atoms with Crippen LogP contribution in [0.5, 0.6) is 0 Å². The van der Waals surface area contributed by atoms with Crippen molar-refractivity contribution in [2.24, 2.45) is 5.16 Å². The third-order valence-electron chi connectivity index (χ3n) is 3.33. The molecule has 0 aliphatic carbocycles. The van der Waals surface area contributed by atoms with Gasteiger partial charge in [0.05, 0.1) is 21.4 Å². The average Bonchev–Trinajstić information content (AvgIpc) is 3.02. The van der Waals surface area contributed by atoms with Crippen LogP contribution in [0.25, 0.3) is 0 Å². The highest BCUT2D eigenvalue weighted by atomic mass is 79.9. The summed E-state index contributed by atoms with van der Waals surface area (Å²) in [5, 5.41) is 7.40. The molecule has 3 rings (SSSR count). The normalized spacial score (nSPS) is 16.7. The molecular weight excluding hydrogens is 403 g/mol. The largest absolute Gasteiger partial charge is 0.382 e. The number of nitrogens with zero attached hydrogens (tertiary/aromatic N) is 1. The zero-order valence-corrected chi connectivity index (χ0v) is 14.8. The Morgan fingerprint density at radius 3 is 2.83 bits per heavy atom. The lowest BCUT2D eigenvalue weighted by atomic mass is 10.0. The Morgan fingerprint density at radius 1 is 1.26 bits per heavy atom. The van der Waals surface area contributed by atoms with Gasteiger partial charge in [0.1, 0.15) is 0 Å². The van der Waals surface area contributed by atoms with E-state index in [1.54, 1.807) is 18.2 Å². The van der Waals surface area contributed by atoms with Gasteiger partial charge in [-0.05, 0) is 24.3 Å². The maximum Gasteiger partial charge on any atom is 0.268 e. The fraction of sp³-hybridized carbons (Fsp3) is 0.125. The van der Waals surface area contributed by atoms with Crippen LogP contribution in [-0.2, 0) is 9.63 Å². The molecule has 1 aliphatic heterocycles. The Bertz CT molecular complexity index is 795. The number of benzene rings is 2. The fourth-order valence-electron chi connectivity index (χ4n) is 2.17. The van der Waals surface area contributed by atoms with Gasteiger partial charge in [-0.3, -0.25) is 4.79 Å². The van der Waals surface area contributed by atoms with Crippen LogP contribution in [0.15, 0.2) is 52.1 Å². The third-order valence-corrected chi connectivity index (χ3v) is 4.64. The van der Waals surface area contributed by atoms with E-state index in [-0.39, 0.29) is 5.91 Å². The first-order valence-electron chi connectivity index (χ1n) is 6.78. The molecule has 0 spiro atoms. The first kappa shape index (κ1) is 16.3. The van der Waals surface area contributed by atoms with Crippen LogP contribution in [-0.4, -0.2) is 17.7 Å². The predicted molar refractivity (Wildman–Crippen MR) is 95.3 cm³/mol. The summed E-state index contributed by atoms with van der Waals surface area (Å²) in [5.74, 6) is -0.317. The highest BCUT2D eigenvalue weighted by Crippen LogP contribution is 2.30. The van der Waals surface area contributed by atoms with Crippen molar-refractivity contribution in [3.63, 3.8) is 0 Å². The number of carbonyl (C=O) groups is 1. The molecule has 0 aromatic heterocycles. The number of halogens is 3. The van der Waals surface area contributed by atoms with Gasteiger partial charge in [-0.1, -0.05) is 62.5 Å². The zero-order chi connectivity index (χ0) is 16.4. The standard InChI is InChI=1S/C16H11BrCl2N2O2/c17-10-4-1-3-9(7-10)13-8-14(23-21-13)16(22)20-12-6-2-5-11(18)15(12)19/h1-7,14H,8H2,(H,20,22). The molecule has 118 valence electrons. The third kappa shape index (κ3) is 3.68. The first-order chi connectivity index (χ1) is 11.0. The van der Waals surface area contributed by atoms with Crippen LogP contribution in [0.1, 0.15) is 12.0 Å². The summed E-state index contributed by atoms with van der Waals surface area (Å²) in [6.07, 6.45) is -0.306. The van der Waals surface area contributed by atoms with Crippen molar-refractivity contribution in [1.29, 1.82) is 0 Å². The lowest BCUT2D eigenvalue weighted by molar-refractivity contribution is -0.125. The van der Waals surface area contributed by atoms with E-state index in [0.29, 0.717) is 22.2 Å². The highest BCUT2D eigenvalue weighted by Gasteiger charge is 2.29. The molecule has 2 aromatic rings. The van der Waals surface area contributed by atoms with Gasteiger partial charge in [0.25, 0.3) is 5.91 Å². The average molecular weight is 414 g/mol. The van der Waals surface area contributed by atoms with Crippen molar-refractivity contribution in [3.8, 4) is 0 Å². The molecule has 7 heteroatoms. The number of hydrogen-bond acceptors (Lipinski definition) is 3. The van der Waals surface area contributed by atoms with E-state index in [9.17, 15) is 4.79 Å². The molecule has 0 bridgehead atoms. The van der Waals surface area contributed by atoms with Gasteiger partial charge in [-0.15, -0.1) is 0 Å².